The van der Waals surface area contributed by atoms with Crippen LogP contribution in [-0.4, -0.2) is 40.8 Å². The molecule has 0 aliphatic carbocycles. The van der Waals surface area contributed by atoms with Crippen molar-refractivity contribution >= 4 is 28.2 Å². The summed E-state index contributed by atoms with van der Waals surface area (Å²) in [7, 11) is 0. The number of nitrogens with one attached hydrogen (secondary N) is 2. The van der Waals surface area contributed by atoms with Gasteiger partial charge >= 0.3 is 0 Å². The third-order valence-electron chi connectivity index (χ3n) is 5.39. The van der Waals surface area contributed by atoms with Crippen molar-refractivity contribution in [3.8, 4) is 0 Å². The fraction of sp³-hybridized carbons (Fsp3) is 0.545. The Morgan fingerprint density at radius 2 is 2.18 bits per heavy atom. The summed E-state index contributed by atoms with van der Waals surface area (Å²) < 4.78 is 5.81. The van der Waals surface area contributed by atoms with Gasteiger partial charge in [0.25, 0.3) is 5.56 Å². The molecule has 6 heteroatoms. The van der Waals surface area contributed by atoms with Gasteiger partial charge in [0.15, 0.2) is 5.11 Å². The van der Waals surface area contributed by atoms with E-state index in [9.17, 15) is 4.79 Å². The molecule has 0 unspecified atom stereocenters. The van der Waals surface area contributed by atoms with E-state index in [1.54, 1.807) is 0 Å². The SMILES string of the molecule is Cc1ccc2cc(CN(C[C@@H]3CCCO3)C(=S)NCC(C)C)c(=O)[nH]c2c1C. The van der Waals surface area contributed by atoms with Gasteiger partial charge in [-0.15, -0.1) is 0 Å². The summed E-state index contributed by atoms with van der Waals surface area (Å²) in [5.74, 6) is 0.498. The fourth-order valence-electron chi connectivity index (χ4n) is 3.55. The Hall–Kier alpha value is -1.92. The van der Waals surface area contributed by atoms with Crippen LogP contribution in [0.4, 0.5) is 0 Å². The first-order valence-corrected chi connectivity index (χ1v) is 10.5. The number of aromatic nitrogens is 1. The van der Waals surface area contributed by atoms with Crippen LogP contribution in [0.15, 0.2) is 23.0 Å². The quantitative estimate of drug-likeness (QED) is 0.724. The summed E-state index contributed by atoms with van der Waals surface area (Å²) in [6.07, 6.45) is 2.29. The number of rotatable bonds is 6. The second kappa shape index (κ2) is 9.05. The molecule has 28 heavy (non-hydrogen) atoms. The summed E-state index contributed by atoms with van der Waals surface area (Å²) in [5.41, 5.74) is 3.88. The topological polar surface area (TPSA) is 57.4 Å². The predicted molar refractivity (Wildman–Crippen MR) is 119 cm³/mol. The molecule has 1 aromatic carbocycles. The summed E-state index contributed by atoms with van der Waals surface area (Å²) in [6, 6.07) is 6.16. The summed E-state index contributed by atoms with van der Waals surface area (Å²) >= 11 is 5.65. The van der Waals surface area contributed by atoms with Gasteiger partial charge in [-0.2, -0.15) is 0 Å². The van der Waals surface area contributed by atoms with Crippen LogP contribution in [0.5, 0.6) is 0 Å². The maximum atomic E-state index is 12.8. The van der Waals surface area contributed by atoms with Crippen LogP contribution in [0.2, 0.25) is 0 Å². The fourth-order valence-corrected chi connectivity index (χ4v) is 3.77. The highest BCUT2D eigenvalue weighted by Crippen LogP contribution is 2.20. The smallest absolute Gasteiger partial charge is 0.253 e. The normalized spacial score (nSPS) is 16.7. The third kappa shape index (κ3) is 4.92. The molecule has 2 heterocycles. The van der Waals surface area contributed by atoms with Gasteiger partial charge in [0.1, 0.15) is 0 Å². The zero-order valence-corrected chi connectivity index (χ0v) is 18.1. The van der Waals surface area contributed by atoms with Crippen LogP contribution < -0.4 is 10.9 Å². The van der Waals surface area contributed by atoms with Gasteiger partial charge in [-0.25, -0.2) is 0 Å². The number of thiocarbonyl (C=S) groups is 1. The van der Waals surface area contributed by atoms with Gasteiger partial charge in [0.2, 0.25) is 0 Å². The lowest BCUT2D eigenvalue weighted by atomic mass is 10.0. The zero-order valence-electron chi connectivity index (χ0n) is 17.3. The maximum absolute atomic E-state index is 12.8. The number of ether oxygens (including phenoxy) is 1. The standard InChI is InChI=1S/C22H31N3O2S/c1-14(2)11-23-22(28)25(13-19-6-5-9-27-19)12-18-10-17-8-7-15(3)16(4)20(17)24-21(18)26/h7-8,10,14,19H,5-6,9,11-13H2,1-4H3,(H,23,28)(H,24,26)/t19-/m0/s1. The first-order chi connectivity index (χ1) is 13.3. The highest BCUT2D eigenvalue weighted by atomic mass is 32.1. The molecule has 1 aliphatic heterocycles. The van der Waals surface area contributed by atoms with Crippen molar-refractivity contribution in [2.45, 2.75) is 53.2 Å². The Kier molecular flexibility index (Phi) is 6.73. The van der Waals surface area contributed by atoms with E-state index < -0.39 is 0 Å². The molecule has 0 saturated carbocycles. The van der Waals surface area contributed by atoms with Crippen molar-refractivity contribution in [1.29, 1.82) is 0 Å². The zero-order chi connectivity index (χ0) is 20.3. The Balaban J connectivity index is 1.86. The van der Waals surface area contributed by atoms with E-state index in [0.29, 0.717) is 24.1 Å². The summed E-state index contributed by atoms with van der Waals surface area (Å²) in [5, 5.41) is 5.07. The third-order valence-corrected chi connectivity index (χ3v) is 5.79. The van der Waals surface area contributed by atoms with E-state index in [1.807, 2.05) is 13.0 Å². The van der Waals surface area contributed by atoms with Crippen molar-refractivity contribution in [2.75, 3.05) is 19.7 Å². The number of fused-ring (bicyclic) bond motifs is 1. The Bertz CT molecular complexity index is 901. The molecule has 0 radical (unpaired) electrons. The van der Waals surface area contributed by atoms with E-state index in [1.165, 1.54) is 5.56 Å². The summed E-state index contributed by atoms with van der Waals surface area (Å²) in [4.78, 5) is 17.9. The van der Waals surface area contributed by atoms with Crippen LogP contribution in [0, 0.1) is 19.8 Å². The Morgan fingerprint density at radius 3 is 2.86 bits per heavy atom. The second-order valence-electron chi connectivity index (χ2n) is 8.19. The molecule has 2 N–H and O–H groups in total. The molecule has 1 atom stereocenters. The number of benzene rings is 1. The lowest BCUT2D eigenvalue weighted by Crippen LogP contribution is -2.44. The van der Waals surface area contributed by atoms with Crippen molar-refractivity contribution in [2.24, 2.45) is 5.92 Å². The van der Waals surface area contributed by atoms with E-state index in [-0.39, 0.29) is 11.7 Å². The van der Waals surface area contributed by atoms with Gasteiger partial charge in [-0.1, -0.05) is 26.0 Å². The van der Waals surface area contributed by atoms with Crippen LogP contribution in [0.25, 0.3) is 10.9 Å². The average molecular weight is 402 g/mol. The molecule has 5 nitrogen and oxygen atoms in total. The lowest BCUT2D eigenvalue weighted by Gasteiger charge is -2.28. The first-order valence-electron chi connectivity index (χ1n) is 10.1. The van der Waals surface area contributed by atoms with Crippen LogP contribution in [0.3, 0.4) is 0 Å². The van der Waals surface area contributed by atoms with Crippen molar-refractivity contribution < 1.29 is 4.74 Å². The minimum Gasteiger partial charge on any atom is -0.376 e. The highest BCUT2D eigenvalue weighted by molar-refractivity contribution is 7.80. The van der Waals surface area contributed by atoms with Crippen molar-refractivity contribution in [1.82, 2.24) is 15.2 Å². The van der Waals surface area contributed by atoms with Gasteiger partial charge in [-0.3, -0.25) is 4.79 Å². The number of aromatic amines is 1. The molecular formula is C22H31N3O2S. The van der Waals surface area contributed by atoms with Gasteiger partial charge in [-0.05, 0) is 67.4 Å². The van der Waals surface area contributed by atoms with Crippen molar-refractivity contribution in [3.63, 3.8) is 0 Å². The predicted octanol–water partition coefficient (Wildman–Crippen LogP) is 3.66. The number of H-pyrrole nitrogens is 1. The molecule has 2 aromatic rings. The number of hydrogen-bond donors (Lipinski definition) is 2. The molecular weight excluding hydrogens is 370 g/mol. The minimum atomic E-state index is -0.0507. The minimum absolute atomic E-state index is 0.0507. The molecule has 1 saturated heterocycles. The molecule has 0 spiro atoms. The lowest BCUT2D eigenvalue weighted by molar-refractivity contribution is 0.0896. The summed E-state index contributed by atoms with van der Waals surface area (Å²) in [6.45, 7) is 11.2. The van der Waals surface area contributed by atoms with E-state index in [2.05, 4.69) is 48.1 Å². The van der Waals surface area contributed by atoms with Gasteiger partial charge < -0.3 is 19.9 Å². The molecule has 0 amide bonds. The number of nitrogens with zero attached hydrogens (tertiary/aromatic N) is 1. The molecule has 0 bridgehead atoms. The maximum Gasteiger partial charge on any atom is 0.253 e. The molecule has 1 aliphatic rings. The van der Waals surface area contributed by atoms with E-state index in [4.69, 9.17) is 17.0 Å². The average Bonchev–Trinajstić information content (AvgIpc) is 3.16. The number of hydrogen-bond acceptors (Lipinski definition) is 3. The van der Waals surface area contributed by atoms with Crippen LogP contribution in [0.1, 0.15) is 43.4 Å². The molecule has 3 rings (SSSR count). The number of pyridine rings is 1. The largest absolute Gasteiger partial charge is 0.376 e. The Morgan fingerprint density at radius 1 is 1.39 bits per heavy atom. The number of aryl methyl sites for hydroxylation is 2. The molecule has 152 valence electrons. The van der Waals surface area contributed by atoms with Crippen LogP contribution in [-0.2, 0) is 11.3 Å². The monoisotopic (exact) mass is 401 g/mol. The second-order valence-corrected chi connectivity index (χ2v) is 8.58. The van der Waals surface area contributed by atoms with Crippen molar-refractivity contribution in [3.05, 3.63) is 45.2 Å². The molecule has 1 aromatic heterocycles. The molecule has 1 fully saturated rings. The van der Waals surface area contributed by atoms with Gasteiger partial charge in [0.05, 0.1) is 18.2 Å². The first kappa shape index (κ1) is 20.8. The van der Waals surface area contributed by atoms with Gasteiger partial charge in [0, 0.05) is 25.3 Å². The van der Waals surface area contributed by atoms with Crippen LogP contribution >= 0.6 is 12.2 Å². The highest BCUT2D eigenvalue weighted by Gasteiger charge is 2.22. The Labute approximate surface area is 172 Å². The van der Waals surface area contributed by atoms with E-state index >= 15 is 0 Å². The van der Waals surface area contributed by atoms with E-state index in [0.717, 1.165) is 48.0 Å².